The van der Waals surface area contributed by atoms with Crippen molar-refractivity contribution in [2.75, 3.05) is 19.6 Å². The molecule has 4 aromatic carbocycles. The van der Waals surface area contributed by atoms with E-state index in [0.29, 0.717) is 62.8 Å². The van der Waals surface area contributed by atoms with Crippen molar-refractivity contribution in [2.24, 2.45) is 0 Å². The van der Waals surface area contributed by atoms with Crippen molar-refractivity contribution in [3.8, 4) is 17.2 Å². The Morgan fingerprint density at radius 1 is 0.528 bits per heavy atom. The first-order valence-corrected chi connectivity index (χ1v) is 16.4. The minimum absolute atomic E-state index is 0.219. The van der Waals surface area contributed by atoms with Crippen LogP contribution in [-0.2, 0) is 0 Å². The Labute approximate surface area is 298 Å². The SMILES string of the molecule is CCCCCC(c1c(OB(Oc2cc(F)c(F)c(F)c2)Oc2cc(F)c(F)c(F)c2)cc(F)c(F)c1F)[N+](CC)(CC)CC.Fc1c[c-]cc(F)c1F. The molecule has 4 nitrogen and oxygen atoms in total. The van der Waals surface area contributed by atoms with Gasteiger partial charge in [0.25, 0.3) is 0 Å². The molecule has 4 aromatic rings. The summed E-state index contributed by atoms with van der Waals surface area (Å²) in [5, 5.41) is 0. The van der Waals surface area contributed by atoms with Crippen LogP contribution in [0.4, 0.5) is 52.7 Å². The number of quaternary nitrogens is 1. The number of hydrogen-bond donors (Lipinski definition) is 0. The van der Waals surface area contributed by atoms with Crippen LogP contribution in [0.15, 0.2) is 42.5 Å². The minimum Gasteiger partial charge on any atom is -0.489 e. The number of benzene rings is 4. The molecular formula is C36H34BF12NO3. The summed E-state index contributed by atoms with van der Waals surface area (Å²) in [5.41, 5.74) is -0.393. The maximum absolute atomic E-state index is 15.8. The van der Waals surface area contributed by atoms with Crippen LogP contribution >= 0.6 is 0 Å². The average molecular weight is 767 g/mol. The fourth-order valence-corrected chi connectivity index (χ4v) is 5.63. The summed E-state index contributed by atoms with van der Waals surface area (Å²) >= 11 is 0. The molecule has 288 valence electrons. The summed E-state index contributed by atoms with van der Waals surface area (Å²) in [5.74, 6) is -21.5. The third kappa shape index (κ3) is 10.3. The zero-order chi connectivity index (χ0) is 39.6. The van der Waals surface area contributed by atoms with E-state index in [1.807, 2.05) is 27.7 Å². The number of rotatable bonds is 15. The number of hydrogen-bond acceptors (Lipinski definition) is 3. The molecule has 0 amide bonds. The van der Waals surface area contributed by atoms with Gasteiger partial charge < -0.3 is 18.4 Å². The first-order chi connectivity index (χ1) is 25.0. The standard InChI is InChI=1S/C30H32BF9NO3.C6H2F3/c1-5-9-10-11-24(41(6-2,7-3)8-4)26-25(16-23(36)29(39)30(26)40)44-31(42-17-12-19(32)27(37)20(33)13-17)43-18-14-21(34)28(38)22(35)15-18;7-4-2-1-3-5(8)6(4)9/h12-16,24H,5-11H2,1-4H3;2-3H/q+1;-1. The summed E-state index contributed by atoms with van der Waals surface area (Å²) in [6.45, 7) is 8.87. The first kappa shape index (κ1) is 42.9. The number of halogens is 12. The summed E-state index contributed by atoms with van der Waals surface area (Å²) in [6, 6.07) is 4.82. The maximum atomic E-state index is 15.8. The molecule has 0 bridgehead atoms. The highest BCUT2D eigenvalue weighted by Gasteiger charge is 2.42. The Balaban J connectivity index is 0.000000731. The molecule has 0 aliphatic heterocycles. The molecule has 0 N–H and O–H groups in total. The van der Waals surface area contributed by atoms with Crippen molar-refractivity contribution < 1.29 is 71.1 Å². The van der Waals surface area contributed by atoms with Gasteiger partial charge in [0.1, 0.15) is 23.3 Å². The van der Waals surface area contributed by atoms with E-state index in [0.717, 1.165) is 25.0 Å². The quantitative estimate of drug-likeness (QED) is 0.0301. The lowest BCUT2D eigenvalue weighted by molar-refractivity contribution is -0.953. The predicted octanol–water partition coefficient (Wildman–Crippen LogP) is 10.9. The highest BCUT2D eigenvalue weighted by atomic mass is 19.2. The molecule has 53 heavy (non-hydrogen) atoms. The normalized spacial score (nSPS) is 11.8. The van der Waals surface area contributed by atoms with Crippen LogP contribution in [0.5, 0.6) is 17.2 Å². The lowest BCUT2D eigenvalue weighted by Crippen LogP contribution is -2.51. The van der Waals surface area contributed by atoms with Crippen molar-refractivity contribution in [1.82, 2.24) is 0 Å². The van der Waals surface area contributed by atoms with Gasteiger partial charge in [0, 0.05) is 48.4 Å². The van der Waals surface area contributed by atoms with Gasteiger partial charge in [-0.25, -0.2) is 43.9 Å². The molecule has 0 aliphatic rings. The zero-order valence-electron chi connectivity index (χ0n) is 28.9. The molecule has 1 unspecified atom stereocenters. The van der Waals surface area contributed by atoms with E-state index >= 15 is 4.39 Å². The first-order valence-electron chi connectivity index (χ1n) is 16.4. The second-order valence-electron chi connectivity index (χ2n) is 11.6. The summed E-state index contributed by atoms with van der Waals surface area (Å²) in [6.07, 6.45) is 2.45. The number of nitrogens with zero attached hydrogens (tertiary/aromatic N) is 1. The second kappa shape index (κ2) is 19.0. The molecule has 0 aromatic heterocycles. The van der Waals surface area contributed by atoms with Crippen LogP contribution in [0.3, 0.4) is 0 Å². The predicted molar refractivity (Wildman–Crippen MR) is 171 cm³/mol. The topological polar surface area (TPSA) is 27.7 Å². The minimum atomic E-state index is -2.32. The highest BCUT2D eigenvalue weighted by Crippen LogP contribution is 2.42. The molecule has 0 aliphatic carbocycles. The highest BCUT2D eigenvalue weighted by molar-refractivity contribution is 6.39. The molecule has 1 atom stereocenters. The Bertz CT molecular complexity index is 1730. The zero-order valence-corrected chi connectivity index (χ0v) is 28.9. The van der Waals surface area contributed by atoms with Gasteiger partial charge in [-0.3, -0.25) is 8.78 Å². The fraction of sp³-hybridized carbons (Fsp3) is 0.333. The second-order valence-corrected chi connectivity index (χ2v) is 11.6. The van der Waals surface area contributed by atoms with Crippen molar-refractivity contribution in [3.63, 3.8) is 0 Å². The van der Waals surface area contributed by atoms with E-state index in [4.69, 9.17) is 14.0 Å². The van der Waals surface area contributed by atoms with Crippen LogP contribution < -0.4 is 14.0 Å². The lowest BCUT2D eigenvalue weighted by Gasteiger charge is -2.44. The molecule has 0 radical (unpaired) electrons. The van der Waals surface area contributed by atoms with Gasteiger partial charge in [-0.15, -0.1) is 12.1 Å². The summed E-state index contributed by atoms with van der Waals surface area (Å²) < 4.78 is 180. The van der Waals surface area contributed by atoms with E-state index in [9.17, 15) is 48.3 Å². The largest absolute Gasteiger partial charge is 0.864 e. The van der Waals surface area contributed by atoms with Gasteiger partial charge in [-0.05, 0) is 27.2 Å². The molecular weight excluding hydrogens is 733 g/mol. The van der Waals surface area contributed by atoms with Gasteiger partial charge in [0.2, 0.25) is 0 Å². The van der Waals surface area contributed by atoms with E-state index in [1.54, 1.807) is 0 Å². The third-order valence-electron chi connectivity index (χ3n) is 8.57. The smallest absolute Gasteiger partial charge is 0.489 e. The Morgan fingerprint density at radius 3 is 1.34 bits per heavy atom. The molecule has 0 heterocycles. The molecule has 0 saturated heterocycles. The van der Waals surface area contributed by atoms with Crippen molar-refractivity contribution in [3.05, 3.63) is 124 Å². The lowest BCUT2D eigenvalue weighted by atomic mass is 9.93. The van der Waals surface area contributed by atoms with E-state index in [2.05, 4.69) is 6.07 Å². The Morgan fingerprint density at radius 2 is 0.943 bits per heavy atom. The van der Waals surface area contributed by atoms with Gasteiger partial charge in [0.15, 0.2) is 52.4 Å². The van der Waals surface area contributed by atoms with E-state index in [1.165, 1.54) is 0 Å². The van der Waals surface area contributed by atoms with Gasteiger partial charge in [-0.1, -0.05) is 19.8 Å². The summed E-state index contributed by atoms with van der Waals surface area (Å²) in [4.78, 5) is 0. The third-order valence-corrected chi connectivity index (χ3v) is 8.57. The average Bonchev–Trinajstić information content (AvgIpc) is 3.11. The molecule has 0 saturated carbocycles. The van der Waals surface area contributed by atoms with Gasteiger partial charge in [0.05, 0.1) is 31.0 Å². The van der Waals surface area contributed by atoms with E-state index < -0.39 is 106 Å². The van der Waals surface area contributed by atoms with Crippen molar-refractivity contribution in [2.45, 2.75) is 59.4 Å². The van der Waals surface area contributed by atoms with Crippen molar-refractivity contribution >= 4 is 7.32 Å². The van der Waals surface area contributed by atoms with Crippen LogP contribution in [0.1, 0.15) is 65.0 Å². The molecule has 17 heteroatoms. The van der Waals surface area contributed by atoms with Crippen LogP contribution in [0.25, 0.3) is 0 Å². The van der Waals surface area contributed by atoms with Crippen LogP contribution in [0.2, 0.25) is 0 Å². The summed E-state index contributed by atoms with van der Waals surface area (Å²) in [7, 11) is -2.32. The molecule has 0 spiro atoms. The van der Waals surface area contributed by atoms with Crippen LogP contribution in [-0.4, -0.2) is 31.4 Å². The Kier molecular flexibility index (Phi) is 15.4. The fourth-order valence-electron chi connectivity index (χ4n) is 5.63. The van der Waals surface area contributed by atoms with Gasteiger partial charge >= 0.3 is 7.32 Å². The van der Waals surface area contributed by atoms with Crippen LogP contribution in [0, 0.1) is 75.9 Å². The molecule has 4 rings (SSSR count). The molecule has 0 fully saturated rings. The monoisotopic (exact) mass is 767 g/mol. The van der Waals surface area contributed by atoms with Crippen molar-refractivity contribution in [1.29, 1.82) is 0 Å². The Hall–Kier alpha value is -4.54. The van der Waals surface area contributed by atoms with E-state index in [-0.39, 0.29) is 4.48 Å². The maximum Gasteiger partial charge on any atom is 0.864 e. The number of unbranched alkanes of at least 4 members (excludes halogenated alkanes) is 2. The van der Waals surface area contributed by atoms with Gasteiger partial charge in [-0.2, -0.15) is 6.07 Å².